The lowest BCUT2D eigenvalue weighted by Gasteiger charge is -2.32. The average molecular weight is 319 g/mol. The molecule has 0 bridgehead atoms. The number of hydrogen-bond donors (Lipinski definition) is 1. The van der Waals surface area contributed by atoms with E-state index in [0.29, 0.717) is 16.4 Å². The molecule has 4 nitrogen and oxygen atoms in total. The van der Waals surface area contributed by atoms with Gasteiger partial charge in [0.05, 0.1) is 21.8 Å². The largest absolute Gasteiger partial charge is 0.515 e. The Bertz CT molecular complexity index is 745. The molecule has 0 atom stereocenters. The molecule has 1 aliphatic heterocycles. The predicted molar refractivity (Wildman–Crippen MR) is 91.6 cm³/mol. The van der Waals surface area contributed by atoms with Gasteiger partial charge in [-0.25, -0.2) is 4.98 Å². The zero-order valence-electron chi connectivity index (χ0n) is 13.5. The van der Waals surface area contributed by atoms with Gasteiger partial charge in [-0.3, -0.25) is 0 Å². The summed E-state index contributed by atoms with van der Waals surface area (Å²) in [6.45, 7) is 10.00. The maximum atomic E-state index is 6.51. The molecule has 0 aliphatic carbocycles. The molecule has 3 rings (SSSR count). The number of aryl methyl sites for hydroxylation is 1. The average Bonchev–Trinajstić information content (AvgIpc) is 2.62. The first-order valence-corrected chi connectivity index (χ1v) is 7.71. The molecule has 0 unspecified atom stereocenters. The van der Waals surface area contributed by atoms with Crippen LogP contribution in [0.1, 0.15) is 33.3 Å². The van der Waals surface area contributed by atoms with Gasteiger partial charge in [0, 0.05) is 5.39 Å². The van der Waals surface area contributed by atoms with E-state index in [-0.39, 0.29) is 0 Å². The zero-order valence-corrected chi connectivity index (χ0v) is 14.3. The lowest BCUT2D eigenvalue weighted by molar-refractivity contribution is 0.00578. The molecule has 0 saturated carbocycles. The van der Waals surface area contributed by atoms with Crippen LogP contribution in [0.4, 0.5) is 5.82 Å². The summed E-state index contributed by atoms with van der Waals surface area (Å²) >= 11 is 6.51. The van der Waals surface area contributed by atoms with Gasteiger partial charge in [-0.05, 0) is 51.6 Å². The maximum absolute atomic E-state index is 6.51. The minimum absolute atomic E-state index is 0.428. The number of benzene rings is 1. The van der Waals surface area contributed by atoms with E-state index in [1.54, 1.807) is 0 Å². The van der Waals surface area contributed by atoms with Gasteiger partial charge < -0.3 is 15.0 Å². The third-order valence-electron chi connectivity index (χ3n) is 4.65. The number of nitrogen functional groups attached to an aromatic ring is 1. The summed E-state index contributed by atoms with van der Waals surface area (Å²) in [5.41, 5.74) is 6.70. The van der Waals surface area contributed by atoms with Gasteiger partial charge >= 0.3 is 7.12 Å². The number of pyridine rings is 1. The lowest BCUT2D eigenvalue weighted by atomic mass is 9.80. The molecule has 1 aliphatic rings. The van der Waals surface area contributed by atoms with Crippen molar-refractivity contribution in [3.8, 4) is 0 Å². The lowest BCUT2D eigenvalue weighted by Crippen LogP contribution is -2.41. The number of nitrogens with two attached hydrogens (primary N) is 1. The number of aromatic nitrogens is 1. The molecule has 1 saturated heterocycles. The van der Waals surface area contributed by atoms with E-state index in [0.717, 1.165) is 16.3 Å². The van der Waals surface area contributed by atoms with Crippen molar-refractivity contribution in [2.45, 2.75) is 45.8 Å². The molecule has 2 aromatic rings. The van der Waals surface area contributed by atoms with E-state index >= 15 is 0 Å². The smallest absolute Gasteiger partial charge is 0.398 e. The van der Waals surface area contributed by atoms with E-state index in [2.05, 4.69) is 4.98 Å². The molecule has 0 amide bonds. The molecular formula is C16H20BClN2O2. The Morgan fingerprint density at radius 3 is 2.32 bits per heavy atom. The Hall–Kier alpha value is -1.30. The Morgan fingerprint density at radius 2 is 1.73 bits per heavy atom. The van der Waals surface area contributed by atoms with E-state index in [9.17, 15) is 0 Å². The van der Waals surface area contributed by atoms with Gasteiger partial charge in [-0.15, -0.1) is 0 Å². The molecule has 116 valence electrons. The molecule has 1 fully saturated rings. The highest BCUT2D eigenvalue weighted by atomic mass is 35.5. The summed E-state index contributed by atoms with van der Waals surface area (Å²) in [6.07, 6.45) is 0. The van der Waals surface area contributed by atoms with Crippen LogP contribution in [0, 0.1) is 6.92 Å². The van der Waals surface area contributed by atoms with Crippen molar-refractivity contribution < 1.29 is 9.31 Å². The zero-order chi connectivity index (χ0) is 16.3. The highest BCUT2D eigenvalue weighted by Gasteiger charge is 2.53. The van der Waals surface area contributed by atoms with Gasteiger partial charge in [-0.1, -0.05) is 23.7 Å². The van der Waals surface area contributed by atoms with Crippen LogP contribution in [0.5, 0.6) is 0 Å². The van der Waals surface area contributed by atoms with Crippen molar-refractivity contribution in [3.63, 3.8) is 0 Å². The first kappa shape index (κ1) is 15.6. The molecule has 0 radical (unpaired) electrons. The van der Waals surface area contributed by atoms with Gasteiger partial charge in [0.1, 0.15) is 5.82 Å². The summed E-state index contributed by atoms with van der Waals surface area (Å²) in [5, 5.41) is 2.44. The number of hydrogen-bond acceptors (Lipinski definition) is 4. The van der Waals surface area contributed by atoms with Gasteiger partial charge in [0.25, 0.3) is 0 Å². The highest BCUT2D eigenvalue weighted by Crippen LogP contribution is 2.37. The monoisotopic (exact) mass is 318 g/mol. The Balaban J connectivity index is 2.22. The first-order valence-electron chi connectivity index (χ1n) is 7.33. The fourth-order valence-electron chi connectivity index (χ4n) is 2.59. The van der Waals surface area contributed by atoms with E-state index in [1.165, 1.54) is 0 Å². The van der Waals surface area contributed by atoms with Crippen molar-refractivity contribution >= 4 is 40.9 Å². The third-order valence-corrected chi connectivity index (χ3v) is 5.14. The predicted octanol–water partition coefficient (Wildman–Crippen LogP) is 3.08. The second-order valence-electron chi connectivity index (χ2n) is 6.82. The van der Waals surface area contributed by atoms with Crippen molar-refractivity contribution in [3.05, 3.63) is 28.8 Å². The number of anilines is 1. The van der Waals surface area contributed by atoms with Crippen LogP contribution in [0.15, 0.2) is 18.2 Å². The topological polar surface area (TPSA) is 57.4 Å². The molecule has 2 N–H and O–H groups in total. The molecule has 2 heterocycles. The standard InChI is InChI=1S/C16H20BClN2O2/c1-9-6-7-10-8-11(19)20-14(12(10)13(9)18)17-21-15(2,3)16(4,5)22-17/h6-8H,1-5H3,(H2,19,20). The fraction of sp³-hybridized carbons (Fsp3) is 0.438. The van der Waals surface area contributed by atoms with Crippen LogP contribution in [-0.2, 0) is 9.31 Å². The molecule has 6 heteroatoms. The normalized spacial score (nSPS) is 19.8. The van der Waals surface area contributed by atoms with Gasteiger partial charge in [0.2, 0.25) is 0 Å². The van der Waals surface area contributed by atoms with Crippen LogP contribution >= 0.6 is 11.6 Å². The van der Waals surface area contributed by atoms with Crippen LogP contribution in [0.3, 0.4) is 0 Å². The van der Waals surface area contributed by atoms with E-state index in [1.807, 2.05) is 52.8 Å². The minimum Gasteiger partial charge on any atom is -0.398 e. The van der Waals surface area contributed by atoms with Crippen LogP contribution < -0.4 is 11.3 Å². The van der Waals surface area contributed by atoms with Gasteiger partial charge in [-0.2, -0.15) is 0 Å². The van der Waals surface area contributed by atoms with Crippen LogP contribution in [0.2, 0.25) is 5.02 Å². The second kappa shape index (κ2) is 4.85. The van der Waals surface area contributed by atoms with Crippen molar-refractivity contribution in [1.82, 2.24) is 4.98 Å². The highest BCUT2D eigenvalue weighted by molar-refractivity contribution is 6.65. The first-order chi connectivity index (χ1) is 10.1. The second-order valence-corrected chi connectivity index (χ2v) is 7.19. The maximum Gasteiger partial charge on any atom is 0.515 e. The summed E-state index contributed by atoms with van der Waals surface area (Å²) in [4.78, 5) is 4.46. The summed E-state index contributed by atoms with van der Waals surface area (Å²) in [7, 11) is -0.588. The quantitative estimate of drug-likeness (QED) is 0.821. The molecular weight excluding hydrogens is 298 g/mol. The minimum atomic E-state index is -0.588. The molecule has 1 aromatic carbocycles. The molecule has 1 aromatic heterocycles. The number of rotatable bonds is 1. The van der Waals surface area contributed by atoms with Gasteiger partial charge in [0.15, 0.2) is 0 Å². The van der Waals surface area contributed by atoms with Crippen molar-refractivity contribution in [1.29, 1.82) is 0 Å². The Labute approximate surface area is 136 Å². The number of nitrogens with zero attached hydrogens (tertiary/aromatic N) is 1. The van der Waals surface area contributed by atoms with Crippen LogP contribution in [0.25, 0.3) is 10.8 Å². The summed E-state index contributed by atoms with van der Waals surface area (Å²) < 4.78 is 12.2. The van der Waals surface area contributed by atoms with Crippen LogP contribution in [-0.4, -0.2) is 23.3 Å². The molecule has 22 heavy (non-hydrogen) atoms. The summed E-state index contributed by atoms with van der Waals surface area (Å²) in [6, 6.07) is 5.77. The number of fused-ring (bicyclic) bond motifs is 1. The van der Waals surface area contributed by atoms with Crippen molar-refractivity contribution in [2.24, 2.45) is 0 Å². The third kappa shape index (κ3) is 2.28. The van der Waals surface area contributed by atoms with E-state index < -0.39 is 18.3 Å². The molecule has 0 spiro atoms. The summed E-state index contributed by atoms with van der Waals surface area (Å²) in [5.74, 6) is 0.428. The van der Waals surface area contributed by atoms with E-state index in [4.69, 9.17) is 26.6 Å². The number of halogens is 1. The fourth-order valence-corrected chi connectivity index (χ4v) is 2.86. The van der Waals surface area contributed by atoms with Crippen molar-refractivity contribution in [2.75, 3.05) is 5.73 Å². The Kier molecular flexibility index (Phi) is 3.44. The Morgan fingerprint density at radius 1 is 1.14 bits per heavy atom. The SMILES string of the molecule is Cc1ccc2cc(N)nc(B3OC(C)(C)C(C)(C)O3)c2c1Cl.